The van der Waals surface area contributed by atoms with Gasteiger partial charge in [-0.25, -0.2) is 0 Å². The first kappa shape index (κ1) is 13.6. The summed E-state index contributed by atoms with van der Waals surface area (Å²) in [5.74, 6) is 0.648. The van der Waals surface area contributed by atoms with Crippen molar-refractivity contribution >= 4 is 5.69 Å². The van der Waals surface area contributed by atoms with Crippen LogP contribution >= 0.6 is 0 Å². The van der Waals surface area contributed by atoms with Gasteiger partial charge in [0, 0.05) is 13.1 Å². The molecule has 0 aromatic heterocycles. The van der Waals surface area contributed by atoms with E-state index >= 15 is 0 Å². The molecule has 1 aliphatic rings. The summed E-state index contributed by atoms with van der Waals surface area (Å²) >= 11 is 0. The summed E-state index contributed by atoms with van der Waals surface area (Å²) < 4.78 is 15.9. The van der Waals surface area contributed by atoms with Crippen LogP contribution in [-0.2, 0) is 4.74 Å². The Morgan fingerprint density at radius 2 is 2.42 bits per heavy atom. The number of hydrogen-bond acceptors (Lipinski definition) is 6. The Bertz CT molecular complexity index is 446. The SMILES string of the molecule is COc1ccc(OCC2CNCCO2)cc1[N+](=O)[O-]. The molecule has 1 heterocycles. The normalized spacial score (nSPS) is 18.9. The van der Waals surface area contributed by atoms with Crippen molar-refractivity contribution in [2.24, 2.45) is 0 Å². The van der Waals surface area contributed by atoms with E-state index in [9.17, 15) is 10.1 Å². The van der Waals surface area contributed by atoms with Crippen molar-refractivity contribution in [3.05, 3.63) is 28.3 Å². The summed E-state index contributed by atoms with van der Waals surface area (Å²) in [6, 6.07) is 4.52. The number of nitro groups is 1. The van der Waals surface area contributed by atoms with Gasteiger partial charge in [-0.05, 0) is 12.1 Å². The lowest BCUT2D eigenvalue weighted by Gasteiger charge is -2.23. The van der Waals surface area contributed by atoms with Crippen molar-refractivity contribution in [3.8, 4) is 11.5 Å². The van der Waals surface area contributed by atoms with Gasteiger partial charge in [-0.2, -0.15) is 0 Å². The summed E-state index contributed by atoms with van der Waals surface area (Å²) in [6.07, 6.45) is -0.0325. The van der Waals surface area contributed by atoms with Gasteiger partial charge in [-0.15, -0.1) is 0 Å². The molecule has 7 nitrogen and oxygen atoms in total. The molecule has 1 fully saturated rings. The van der Waals surface area contributed by atoms with E-state index in [-0.39, 0.29) is 17.5 Å². The van der Waals surface area contributed by atoms with Crippen LogP contribution in [0.4, 0.5) is 5.69 Å². The average Bonchev–Trinajstić information content (AvgIpc) is 2.46. The van der Waals surface area contributed by atoms with E-state index in [4.69, 9.17) is 14.2 Å². The van der Waals surface area contributed by atoms with E-state index in [1.807, 2.05) is 0 Å². The van der Waals surface area contributed by atoms with E-state index in [1.165, 1.54) is 19.2 Å². The lowest BCUT2D eigenvalue weighted by molar-refractivity contribution is -0.385. The number of rotatable bonds is 5. The van der Waals surface area contributed by atoms with E-state index in [2.05, 4.69) is 5.32 Å². The van der Waals surface area contributed by atoms with Crippen LogP contribution in [0.15, 0.2) is 18.2 Å². The molecule has 0 radical (unpaired) electrons. The maximum absolute atomic E-state index is 10.9. The fraction of sp³-hybridized carbons (Fsp3) is 0.500. The smallest absolute Gasteiger partial charge is 0.314 e. The molecule has 0 amide bonds. The second-order valence-corrected chi connectivity index (χ2v) is 4.10. The second kappa shape index (κ2) is 6.35. The molecule has 19 heavy (non-hydrogen) atoms. The van der Waals surface area contributed by atoms with Gasteiger partial charge in [-0.1, -0.05) is 0 Å². The Kier molecular flexibility index (Phi) is 4.53. The van der Waals surface area contributed by atoms with E-state index in [0.29, 0.717) is 19.0 Å². The lowest BCUT2D eigenvalue weighted by Crippen LogP contribution is -2.41. The van der Waals surface area contributed by atoms with Crippen molar-refractivity contribution in [2.45, 2.75) is 6.10 Å². The maximum Gasteiger partial charge on any atom is 0.314 e. The highest BCUT2D eigenvalue weighted by Crippen LogP contribution is 2.30. The van der Waals surface area contributed by atoms with Crippen LogP contribution in [0, 0.1) is 10.1 Å². The van der Waals surface area contributed by atoms with Crippen LogP contribution in [-0.4, -0.2) is 44.4 Å². The molecule has 104 valence electrons. The van der Waals surface area contributed by atoms with Gasteiger partial charge >= 0.3 is 5.69 Å². The molecule has 2 rings (SSSR count). The monoisotopic (exact) mass is 268 g/mol. The predicted molar refractivity (Wildman–Crippen MR) is 67.8 cm³/mol. The fourth-order valence-corrected chi connectivity index (χ4v) is 1.82. The highest BCUT2D eigenvalue weighted by atomic mass is 16.6. The first-order chi connectivity index (χ1) is 9.20. The zero-order valence-corrected chi connectivity index (χ0v) is 10.6. The zero-order valence-electron chi connectivity index (χ0n) is 10.6. The molecule has 7 heteroatoms. The maximum atomic E-state index is 10.9. The van der Waals surface area contributed by atoms with Crippen molar-refractivity contribution < 1.29 is 19.1 Å². The standard InChI is InChI=1S/C12H16N2O5/c1-17-12-3-2-9(6-11(12)14(15)16)19-8-10-7-13-4-5-18-10/h2-3,6,10,13H,4-5,7-8H2,1H3. The van der Waals surface area contributed by atoms with Gasteiger partial charge in [-0.3, -0.25) is 10.1 Å². The Labute approximate surface area is 110 Å². The van der Waals surface area contributed by atoms with Crippen LogP contribution in [0.2, 0.25) is 0 Å². The Morgan fingerprint density at radius 1 is 1.58 bits per heavy atom. The van der Waals surface area contributed by atoms with Crippen LogP contribution in [0.5, 0.6) is 11.5 Å². The number of benzene rings is 1. The molecule has 1 aromatic rings. The first-order valence-electron chi connectivity index (χ1n) is 5.98. The highest BCUT2D eigenvalue weighted by molar-refractivity contribution is 5.50. The summed E-state index contributed by atoms with van der Waals surface area (Å²) in [5, 5.41) is 14.1. The van der Waals surface area contributed by atoms with Gasteiger partial charge < -0.3 is 19.5 Å². The third-order valence-corrected chi connectivity index (χ3v) is 2.79. The molecule has 0 spiro atoms. The minimum atomic E-state index is -0.496. The second-order valence-electron chi connectivity index (χ2n) is 4.10. The van der Waals surface area contributed by atoms with Gasteiger partial charge in [0.2, 0.25) is 0 Å². The molecule has 1 aromatic carbocycles. The molecule has 1 aliphatic heterocycles. The fourth-order valence-electron chi connectivity index (χ4n) is 1.82. The largest absolute Gasteiger partial charge is 0.491 e. The van der Waals surface area contributed by atoms with Gasteiger partial charge in [0.1, 0.15) is 18.5 Å². The van der Waals surface area contributed by atoms with Crippen LogP contribution in [0.3, 0.4) is 0 Å². The number of nitrogens with zero attached hydrogens (tertiary/aromatic N) is 1. The molecule has 1 saturated heterocycles. The Hall–Kier alpha value is -1.86. The molecule has 0 bridgehead atoms. The minimum absolute atomic E-state index is 0.0325. The minimum Gasteiger partial charge on any atom is -0.491 e. The Balaban J connectivity index is 2.00. The predicted octanol–water partition coefficient (Wildman–Crippen LogP) is 0.971. The van der Waals surface area contributed by atoms with Crippen molar-refractivity contribution in [1.82, 2.24) is 5.32 Å². The van der Waals surface area contributed by atoms with Crippen molar-refractivity contribution in [3.63, 3.8) is 0 Å². The van der Waals surface area contributed by atoms with Gasteiger partial charge in [0.15, 0.2) is 5.75 Å². The van der Waals surface area contributed by atoms with E-state index in [0.717, 1.165) is 13.1 Å². The van der Waals surface area contributed by atoms with Crippen molar-refractivity contribution in [1.29, 1.82) is 0 Å². The number of ether oxygens (including phenoxy) is 3. The molecule has 1 N–H and O–H groups in total. The molecular formula is C12H16N2O5. The van der Waals surface area contributed by atoms with Crippen LogP contribution in [0.1, 0.15) is 0 Å². The number of morpholine rings is 1. The average molecular weight is 268 g/mol. The number of nitrogens with one attached hydrogen (secondary N) is 1. The third-order valence-electron chi connectivity index (χ3n) is 2.79. The highest BCUT2D eigenvalue weighted by Gasteiger charge is 2.18. The quantitative estimate of drug-likeness (QED) is 0.633. The number of methoxy groups -OCH3 is 1. The van der Waals surface area contributed by atoms with Crippen LogP contribution in [0.25, 0.3) is 0 Å². The molecule has 1 atom stereocenters. The molecule has 0 aliphatic carbocycles. The molecule has 1 unspecified atom stereocenters. The third kappa shape index (κ3) is 3.55. The number of nitro benzene ring substituents is 1. The lowest BCUT2D eigenvalue weighted by atomic mass is 10.2. The Morgan fingerprint density at radius 3 is 3.05 bits per heavy atom. The van der Waals surface area contributed by atoms with E-state index in [1.54, 1.807) is 6.07 Å². The topological polar surface area (TPSA) is 82.9 Å². The summed E-state index contributed by atoms with van der Waals surface area (Å²) in [5.41, 5.74) is -0.109. The zero-order chi connectivity index (χ0) is 13.7. The number of hydrogen-bond donors (Lipinski definition) is 1. The summed E-state index contributed by atoms with van der Waals surface area (Å²) in [7, 11) is 1.39. The molecule has 0 saturated carbocycles. The van der Waals surface area contributed by atoms with Gasteiger partial charge in [0.05, 0.1) is 24.7 Å². The molecular weight excluding hydrogens is 252 g/mol. The van der Waals surface area contributed by atoms with Crippen LogP contribution < -0.4 is 14.8 Å². The van der Waals surface area contributed by atoms with E-state index < -0.39 is 4.92 Å². The summed E-state index contributed by atoms with van der Waals surface area (Å²) in [4.78, 5) is 10.4. The van der Waals surface area contributed by atoms with Gasteiger partial charge in [0.25, 0.3) is 0 Å². The van der Waals surface area contributed by atoms with Crippen molar-refractivity contribution in [2.75, 3.05) is 33.4 Å². The summed E-state index contributed by atoms with van der Waals surface area (Å²) in [6.45, 7) is 2.57. The first-order valence-corrected chi connectivity index (χ1v) is 5.98.